The van der Waals surface area contributed by atoms with Gasteiger partial charge in [-0.2, -0.15) is 0 Å². The molecular formula is C13H16ClN5O2. The molecule has 0 aliphatic heterocycles. The fraction of sp³-hybridized carbons (Fsp3) is 0.462. The molecule has 0 bridgehead atoms. The minimum absolute atomic E-state index is 0.208. The number of hydrogen-bond acceptors (Lipinski definition) is 5. The topological polar surface area (TPSA) is 93.8 Å². The lowest BCUT2D eigenvalue weighted by molar-refractivity contribution is -0.142. The van der Waals surface area contributed by atoms with E-state index >= 15 is 0 Å². The summed E-state index contributed by atoms with van der Waals surface area (Å²) in [6.07, 6.45) is 2.06. The molecule has 0 aliphatic rings. The predicted octanol–water partition coefficient (Wildman–Crippen LogP) is 2.14. The molecule has 1 atom stereocenters. The number of aromatic nitrogens is 5. The zero-order valence-corrected chi connectivity index (χ0v) is 12.5. The van der Waals surface area contributed by atoms with Crippen LogP contribution in [0.4, 0.5) is 0 Å². The Labute approximate surface area is 127 Å². The lowest BCUT2D eigenvalue weighted by atomic mass is 9.97. The highest BCUT2D eigenvalue weighted by atomic mass is 35.5. The van der Waals surface area contributed by atoms with Crippen LogP contribution in [0.2, 0.25) is 5.02 Å². The van der Waals surface area contributed by atoms with Crippen molar-refractivity contribution in [3.63, 3.8) is 0 Å². The molecular weight excluding hydrogens is 294 g/mol. The summed E-state index contributed by atoms with van der Waals surface area (Å²) >= 11 is 5.80. The number of halogens is 1. The molecule has 2 aromatic heterocycles. The summed E-state index contributed by atoms with van der Waals surface area (Å²) in [4.78, 5) is 15.5. The van der Waals surface area contributed by atoms with E-state index in [0.29, 0.717) is 23.0 Å². The first-order valence-electron chi connectivity index (χ1n) is 6.58. The van der Waals surface area contributed by atoms with Crippen LogP contribution in [0.5, 0.6) is 0 Å². The molecule has 0 aliphatic carbocycles. The number of carboxylic acids is 1. The molecule has 0 saturated carbocycles. The van der Waals surface area contributed by atoms with Crippen LogP contribution in [0.3, 0.4) is 0 Å². The van der Waals surface area contributed by atoms with E-state index in [1.165, 1.54) is 10.9 Å². The first-order chi connectivity index (χ1) is 9.97. The van der Waals surface area contributed by atoms with Crippen LogP contribution in [0.25, 0.3) is 11.5 Å². The molecule has 0 aromatic carbocycles. The highest BCUT2D eigenvalue weighted by Gasteiger charge is 2.22. The molecule has 0 radical (unpaired) electrons. The Morgan fingerprint density at radius 1 is 1.43 bits per heavy atom. The van der Waals surface area contributed by atoms with E-state index in [0.717, 1.165) is 0 Å². The summed E-state index contributed by atoms with van der Waals surface area (Å²) in [5.41, 5.74) is 0.554. The Morgan fingerprint density at radius 3 is 2.76 bits per heavy atom. The minimum atomic E-state index is -0.853. The van der Waals surface area contributed by atoms with Gasteiger partial charge in [0.25, 0.3) is 0 Å². The van der Waals surface area contributed by atoms with Gasteiger partial charge in [-0.05, 0) is 34.9 Å². The number of tetrazole rings is 1. The Morgan fingerprint density at radius 2 is 2.19 bits per heavy atom. The molecule has 8 heteroatoms. The number of rotatable bonds is 6. The van der Waals surface area contributed by atoms with Gasteiger partial charge in [0.15, 0.2) is 0 Å². The molecule has 21 heavy (non-hydrogen) atoms. The monoisotopic (exact) mass is 309 g/mol. The molecule has 0 saturated heterocycles. The Balaban J connectivity index is 2.23. The van der Waals surface area contributed by atoms with Crippen LogP contribution in [-0.4, -0.2) is 36.3 Å². The summed E-state index contributed by atoms with van der Waals surface area (Å²) < 4.78 is 1.47. The summed E-state index contributed by atoms with van der Waals surface area (Å²) in [5, 5.41) is 21.2. The van der Waals surface area contributed by atoms with Gasteiger partial charge in [0.2, 0.25) is 5.82 Å². The van der Waals surface area contributed by atoms with Crippen molar-refractivity contribution in [3.8, 4) is 11.5 Å². The minimum Gasteiger partial charge on any atom is -0.481 e. The predicted molar refractivity (Wildman–Crippen MR) is 76.6 cm³/mol. The average molecular weight is 310 g/mol. The van der Waals surface area contributed by atoms with Crippen molar-refractivity contribution in [1.29, 1.82) is 0 Å². The van der Waals surface area contributed by atoms with Gasteiger partial charge in [-0.25, -0.2) is 4.68 Å². The fourth-order valence-electron chi connectivity index (χ4n) is 2.05. The van der Waals surface area contributed by atoms with Crippen molar-refractivity contribution in [1.82, 2.24) is 25.2 Å². The third-order valence-electron chi connectivity index (χ3n) is 2.99. The molecule has 1 N–H and O–H groups in total. The van der Waals surface area contributed by atoms with Gasteiger partial charge in [0, 0.05) is 6.20 Å². The SMILES string of the molecule is CC(C)CC(Cn1nnnc1-c1ccc(Cl)cn1)C(=O)O. The summed E-state index contributed by atoms with van der Waals surface area (Å²) in [6.45, 7) is 4.18. The molecule has 0 fully saturated rings. The zero-order valence-electron chi connectivity index (χ0n) is 11.8. The molecule has 112 valence electrons. The van der Waals surface area contributed by atoms with Gasteiger partial charge in [-0.15, -0.1) is 5.10 Å². The quantitative estimate of drug-likeness (QED) is 0.878. The van der Waals surface area contributed by atoms with Crippen molar-refractivity contribution in [2.24, 2.45) is 11.8 Å². The second kappa shape index (κ2) is 6.62. The van der Waals surface area contributed by atoms with E-state index in [-0.39, 0.29) is 12.5 Å². The van der Waals surface area contributed by atoms with Crippen LogP contribution in [0.1, 0.15) is 20.3 Å². The van der Waals surface area contributed by atoms with Gasteiger partial charge in [-0.1, -0.05) is 25.4 Å². The molecule has 2 rings (SSSR count). The number of hydrogen-bond donors (Lipinski definition) is 1. The highest BCUT2D eigenvalue weighted by Crippen LogP contribution is 2.19. The van der Waals surface area contributed by atoms with Crippen molar-refractivity contribution in [3.05, 3.63) is 23.4 Å². The zero-order chi connectivity index (χ0) is 15.4. The third kappa shape index (κ3) is 3.98. The Kier molecular flexibility index (Phi) is 4.85. The lowest BCUT2D eigenvalue weighted by Gasteiger charge is -2.14. The highest BCUT2D eigenvalue weighted by molar-refractivity contribution is 6.30. The number of nitrogens with zero attached hydrogens (tertiary/aromatic N) is 5. The molecule has 1 unspecified atom stereocenters. The van der Waals surface area contributed by atoms with Crippen LogP contribution >= 0.6 is 11.6 Å². The molecule has 0 spiro atoms. The number of carboxylic acid groups (broad SMARTS) is 1. The lowest BCUT2D eigenvalue weighted by Crippen LogP contribution is -2.23. The molecule has 2 aromatic rings. The van der Waals surface area contributed by atoms with Crippen LogP contribution in [0.15, 0.2) is 18.3 Å². The van der Waals surface area contributed by atoms with Crippen molar-refractivity contribution >= 4 is 17.6 Å². The standard InChI is InChI=1S/C13H16ClN5O2/c1-8(2)5-9(13(20)21)7-19-12(16-17-18-19)11-4-3-10(14)6-15-11/h3-4,6,8-9H,5,7H2,1-2H3,(H,20,21). The van der Waals surface area contributed by atoms with Gasteiger partial charge < -0.3 is 5.11 Å². The first-order valence-corrected chi connectivity index (χ1v) is 6.96. The normalized spacial score (nSPS) is 12.6. The second-order valence-electron chi connectivity index (χ2n) is 5.21. The van der Waals surface area contributed by atoms with E-state index in [9.17, 15) is 9.90 Å². The van der Waals surface area contributed by atoms with Crippen molar-refractivity contribution in [2.75, 3.05) is 0 Å². The van der Waals surface area contributed by atoms with Gasteiger partial charge >= 0.3 is 5.97 Å². The van der Waals surface area contributed by atoms with E-state index in [1.54, 1.807) is 12.1 Å². The van der Waals surface area contributed by atoms with Crippen LogP contribution in [-0.2, 0) is 11.3 Å². The second-order valence-corrected chi connectivity index (χ2v) is 5.65. The van der Waals surface area contributed by atoms with E-state index in [2.05, 4.69) is 20.5 Å². The number of aliphatic carboxylic acids is 1. The van der Waals surface area contributed by atoms with E-state index < -0.39 is 11.9 Å². The average Bonchev–Trinajstić information content (AvgIpc) is 2.86. The number of pyridine rings is 1. The van der Waals surface area contributed by atoms with Gasteiger partial charge in [0.05, 0.1) is 17.5 Å². The third-order valence-corrected chi connectivity index (χ3v) is 3.21. The molecule has 7 nitrogen and oxygen atoms in total. The van der Waals surface area contributed by atoms with Crippen LogP contribution in [0, 0.1) is 11.8 Å². The molecule has 2 heterocycles. The van der Waals surface area contributed by atoms with Crippen molar-refractivity contribution < 1.29 is 9.90 Å². The van der Waals surface area contributed by atoms with Gasteiger partial charge in [0.1, 0.15) is 5.69 Å². The smallest absolute Gasteiger partial charge is 0.308 e. The Bertz CT molecular complexity index is 611. The summed E-state index contributed by atoms with van der Waals surface area (Å²) in [5.74, 6) is -0.685. The maximum Gasteiger partial charge on any atom is 0.308 e. The van der Waals surface area contributed by atoms with Gasteiger partial charge in [-0.3, -0.25) is 9.78 Å². The summed E-state index contributed by atoms with van der Waals surface area (Å²) in [7, 11) is 0. The van der Waals surface area contributed by atoms with Crippen molar-refractivity contribution in [2.45, 2.75) is 26.8 Å². The van der Waals surface area contributed by atoms with E-state index in [4.69, 9.17) is 11.6 Å². The van der Waals surface area contributed by atoms with E-state index in [1.807, 2.05) is 13.8 Å². The fourth-order valence-corrected chi connectivity index (χ4v) is 2.16. The number of carbonyl (C=O) groups is 1. The maximum atomic E-state index is 11.3. The molecule has 0 amide bonds. The maximum absolute atomic E-state index is 11.3. The first kappa shape index (κ1) is 15.4. The summed E-state index contributed by atoms with van der Waals surface area (Å²) in [6, 6.07) is 3.38. The largest absolute Gasteiger partial charge is 0.481 e. The van der Waals surface area contributed by atoms with Crippen LogP contribution < -0.4 is 0 Å². The Hall–Kier alpha value is -2.02.